The molecule has 0 aliphatic heterocycles. The Bertz CT molecular complexity index is 1340. The topological polar surface area (TPSA) is 90.2 Å². The minimum Gasteiger partial charge on any atom is -0.289 e. The van der Waals surface area contributed by atoms with Crippen molar-refractivity contribution < 1.29 is 12.8 Å². The molecule has 0 bridgehead atoms. The van der Waals surface area contributed by atoms with Gasteiger partial charge in [-0.15, -0.1) is 0 Å². The number of hydrogen-bond acceptors (Lipinski definition) is 4. The zero-order valence-electron chi connectivity index (χ0n) is 16.0. The molecule has 3 aromatic rings. The van der Waals surface area contributed by atoms with Crippen molar-refractivity contribution in [2.24, 2.45) is 7.05 Å². The number of nitrogens with one attached hydrogen (secondary N) is 1. The largest absolute Gasteiger partial charge is 0.331 e. The fraction of sp³-hybridized carbons (Fsp3) is 0.300. The van der Waals surface area contributed by atoms with E-state index in [0.717, 1.165) is 17.4 Å². The molecule has 0 spiro atoms. The molecule has 1 fully saturated rings. The molecule has 29 heavy (non-hydrogen) atoms. The van der Waals surface area contributed by atoms with Gasteiger partial charge >= 0.3 is 5.69 Å². The first-order chi connectivity index (χ1) is 13.6. The Kier molecular flexibility index (Phi) is 4.47. The summed E-state index contributed by atoms with van der Waals surface area (Å²) in [7, 11) is -2.45. The van der Waals surface area contributed by atoms with Gasteiger partial charge in [-0.05, 0) is 55.7 Å². The number of hydrogen-bond donors (Lipinski definition) is 1. The highest BCUT2D eigenvalue weighted by molar-refractivity contribution is 7.89. The molecule has 0 unspecified atom stereocenters. The van der Waals surface area contributed by atoms with Gasteiger partial charge in [-0.25, -0.2) is 22.3 Å². The molecule has 7 nitrogen and oxygen atoms in total. The third-order valence-corrected chi connectivity index (χ3v) is 6.89. The lowest BCUT2D eigenvalue weighted by atomic mass is 10.2. The Balaban J connectivity index is 1.86. The van der Waals surface area contributed by atoms with E-state index < -0.39 is 32.6 Å². The first kappa shape index (κ1) is 19.5. The number of benzene rings is 2. The van der Waals surface area contributed by atoms with E-state index >= 15 is 0 Å². The van der Waals surface area contributed by atoms with E-state index in [4.69, 9.17) is 0 Å². The summed E-state index contributed by atoms with van der Waals surface area (Å²) in [4.78, 5) is 25.3. The molecule has 9 heteroatoms. The summed E-state index contributed by atoms with van der Waals surface area (Å²) in [6.07, 6.45) is 1.53. The summed E-state index contributed by atoms with van der Waals surface area (Å²) in [6.45, 7) is 1.94. The standard InChI is InChI=1S/C20H20FN3O4S/c1-20(9-10-20)22-29(27,28)15-7-8-17-16(11-15)18(25)23(2)19(26)24(17)12-13-3-5-14(21)6-4-13/h3-8,11,22H,9-10,12H2,1-2H3. The molecule has 0 radical (unpaired) electrons. The van der Waals surface area contributed by atoms with E-state index in [1.165, 1.54) is 41.9 Å². The van der Waals surface area contributed by atoms with Gasteiger partial charge in [-0.3, -0.25) is 13.9 Å². The second-order valence-electron chi connectivity index (χ2n) is 7.70. The zero-order chi connectivity index (χ0) is 21.0. The van der Waals surface area contributed by atoms with Crippen molar-refractivity contribution in [3.05, 3.63) is 74.7 Å². The average molecular weight is 417 g/mol. The fourth-order valence-electron chi connectivity index (χ4n) is 3.24. The number of nitrogens with zero attached hydrogens (tertiary/aromatic N) is 2. The molecule has 1 aromatic heterocycles. The predicted molar refractivity (Wildman–Crippen MR) is 107 cm³/mol. The van der Waals surface area contributed by atoms with Crippen molar-refractivity contribution >= 4 is 20.9 Å². The monoisotopic (exact) mass is 417 g/mol. The van der Waals surface area contributed by atoms with Crippen molar-refractivity contribution in [1.82, 2.24) is 13.9 Å². The van der Waals surface area contributed by atoms with Gasteiger partial charge in [0, 0.05) is 12.6 Å². The van der Waals surface area contributed by atoms with Crippen LogP contribution in [0.3, 0.4) is 0 Å². The van der Waals surface area contributed by atoms with E-state index in [1.54, 1.807) is 12.1 Å². The summed E-state index contributed by atoms with van der Waals surface area (Å²) in [5.74, 6) is -0.391. The van der Waals surface area contributed by atoms with Gasteiger partial charge in [-0.1, -0.05) is 12.1 Å². The van der Waals surface area contributed by atoms with Crippen LogP contribution in [0.15, 0.2) is 56.9 Å². The van der Waals surface area contributed by atoms with Crippen LogP contribution in [0.25, 0.3) is 10.9 Å². The van der Waals surface area contributed by atoms with Crippen molar-refractivity contribution in [2.75, 3.05) is 0 Å². The summed E-state index contributed by atoms with van der Waals surface area (Å²) >= 11 is 0. The Morgan fingerprint density at radius 1 is 1.10 bits per heavy atom. The van der Waals surface area contributed by atoms with Crippen LogP contribution in [-0.4, -0.2) is 23.1 Å². The highest BCUT2D eigenvalue weighted by Gasteiger charge is 2.41. The van der Waals surface area contributed by atoms with Crippen LogP contribution in [0, 0.1) is 5.82 Å². The summed E-state index contributed by atoms with van der Waals surface area (Å²) in [5, 5.41) is 0.123. The number of aromatic nitrogens is 2. The first-order valence-corrected chi connectivity index (χ1v) is 10.6. The van der Waals surface area contributed by atoms with Crippen LogP contribution in [0.4, 0.5) is 4.39 Å². The lowest BCUT2D eigenvalue weighted by Crippen LogP contribution is -2.38. The molecule has 152 valence electrons. The second kappa shape index (κ2) is 6.64. The van der Waals surface area contributed by atoms with Crippen molar-refractivity contribution in [3.63, 3.8) is 0 Å². The van der Waals surface area contributed by atoms with E-state index in [2.05, 4.69) is 4.72 Å². The van der Waals surface area contributed by atoms with Gasteiger partial charge in [0.1, 0.15) is 5.82 Å². The molecule has 1 N–H and O–H groups in total. The minimum atomic E-state index is -3.79. The molecule has 0 amide bonds. The molecular formula is C20H20FN3O4S. The van der Waals surface area contributed by atoms with Crippen LogP contribution < -0.4 is 16.0 Å². The minimum absolute atomic E-state index is 0.0257. The maximum Gasteiger partial charge on any atom is 0.331 e. The molecule has 0 saturated heterocycles. The van der Waals surface area contributed by atoms with E-state index in [0.29, 0.717) is 11.1 Å². The van der Waals surface area contributed by atoms with Gasteiger partial charge in [0.25, 0.3) is 5.56 Å². The summed E-state index contributed by atoms with van der Waals surface area (Å²) < 4.78 is 43.5. The fourth-order valence-corrected chi connectivity index (χ4v) is 4.73. The van der Waals surface area contributed by atoms with Crippen molar-refractivity contribution in [2.45, 2.75) is 36.7 Å². The molecule has 4 rings (SSSR count). The molecule has 1 aliphatic rings. The molecule has 2 aromatic carbocycles. The molecule has 1 aliphatic carbocycles. The first-order valence-electron chi connectivity index (χ1n) is 9.12. The maximum absolute atomic E-state index is 13.2. The number of halogens is 1. The average Bonchev–Trinajstić information content (AvgIpc) is 3.40. The molecule has 1 heterocycles. The zero-order valence-corrected chi connectivity index (χ0v) is 16.8. The Morgan fingerprint density at radius 3 is 2.38 bits per heavy atom. The lowest BCUT2D eigenvalue weighted by molar-refractivity contribution is 0.558. The van der Waals surface area contributed by atoms with E-state index in [1.807, 2.05) is 6.92 Å². The second-order valence-corrected chi connectivity index (χ2v) is 9.39. The Morgan fingerprint density at radius 2 is 1.76 bits per heavy atom. The van der Waals surface area contributed by atoms with Crippen LogP contribution in [0.1, 0.15) is 25.3 Å². The lowest BCUT2D eigenvalue weighted by Gasteiger charge is -2.15. The van der Waals surface area contributed by atoms with Crippen LogP contribution >= 0.6 is 0 Å². The Hall–Kier alpha value is -2.78. The summed E-state index contributed by atoms with van der Waals surface area (Å²) in [5.41, 5.74) is -0.561. The smallest absolute Gasteiger partial charge is 0.289 e. The SMILES string of the molecule is Cn1c(=O)c2cc(S(=O)(=O)NC3(C)CC3)ccc2n(Cc2ccc(F)cc2)c1=O. The summed E-state index contributed by atoms with van der Waals surface area (Å²) in [6, 6.07) is 9.84. The van der Waals surface area contributed by atoms with Gasteiger partial charge < -0.3 is 0 Å². The van der Waals surface area contributed by atoms with Crippen LogP contribution in [0.5, 0.6) is 0 Å². The number of fused-ring (bicyclic) bond motifs is 1. The van der Waals surface area contributed by atoms with E-state index in [9.17, 15) is 22.4 Å². The predicted octanol–water partition coefficient (Wildman–Crippen LogP) is 1.72. The van der Waals surface area contributed by atoms with Crippen molar-refractivity contribution in [1.29, 1.82) is 0 Å². The van der Waals surface area contributed by atoms with Gasteiger partial charge in [0.2, 0.25) is 10.0 Å². The normalized spacial score (nSPS) is 15.6. The highest BCUT2D eigenvalue weighted by Crippen LogP contribution is 2.36. The third-order valence-electron chi connectivity index (χ3n) is 5.26. The van der Waals surface area contributed by atoms with Gasteiger partial charge in [-0.2, -0.15) is 0 Å². The molecular weight excluding hydrogens is 397 g/mol. The van der Waals surface area contributed by atoms with Gasteiger partial charge in [0.15, 0.2) is 0 Å². The number of rotatable bonds is 5. The van der Waals surface area contributed by atoms with E-state index in [-0.39, 0.29) is 16.8 Å². The maximum atomic E-state index is 13.2. The Labute approximate surface area is 166 Å². The highest BCUT2D eigenvalue weighted by atomic mass is 32.2. The quantitative estimate of drug-likeness (QED) is 0.685. The van der Waals surface area contributed by atoms with Gasteiger partial charge in [0.05, 0.1) is 22.3 Å². The van der Waals surface area contributed by atoms with Crippen LogP contribution in [-0.2, 0) is 23.6 Å². The van der Waals surface area contributed by atoms with Crippen molar-refractivity contribution in [3.8, 4) is 0 Å². The number of sulfonamides is 1. The molecule has 0 atom stereocenters. The molecule has 1 saturated carbocycles. The third kappa shape index (κ3) is 3.63. The van der Waals surface area contributed by atoms with Crippen LogP contribution in [0.2, 0.25) is 0 Å².